The summed E-state index contributed by atoms with van der Waals surface area (Å²) in [5.41, 5.74) is 0. The van der Waals surface area contributed by atoms with Crippen molar-refractivity contribution in [2.75, 3.05) is 13.1 Å². The number of rotatable bonds is 2. The van der Waals surface area contributed by atoms with Crippen molar-refractivity contribution in [3.8, 4) is 0 Å². The van der Waals surface area contributed by atoms with Crippen molar-refractivity contribution in [1.82, 2.24) is 4.90 Å². The fraction of sp³-hybridized carbons (Fsp3) is 0.875. The van der Waals surface area contributed by atoms with E-state index < -0.39 is 6.09 Å². The number of carbonyl (C=O) groups is 1. The summed E-state index contributed by atoms with van der Waals surface area (Å²) in [5, 5.41) is 8.64. The Morgan fingerprint density at radius 2 is 2.33 bits per heavy atom. The van der Waals surface area contributed by atoms with Crippen LogP contribution in [0.5, 0.6) is 0 Å². The van der Waals surface area contributed by atoms with E-state index in [4.69, 9.17) is 9.84 Å². The first kappa shape index (κ1) is 9.32. The topological polar surface area (TPSA) is 49.8 Å². The summed E-state index contributed by atoms with van der Waals surface area (Å²) in [4.78, 5) is 11.9. The van der Waals surface area contributed by atoms with Crippen molar-refractivity contribution < 1.29 is 14.6 Å². The van der Waals surface area contributed by atoms with Crippen LogP contribution in [-0.4, -0.2) is 41.4 Å². The smallest absolute Gasteiger partial charge is 0.407 e. The van der Waals surface area contributed by atoms with Gasteiger partial charge in [-0.2, -0.15) is 0 Å². The first-order chi connectivity index (χ1) is 5.59. The Labute approximate surface area is 72.1 Å². The molecule has 1 rings (SSSR count). The van der Waals surface area contributed by atoms with Gasteiger partial charge in [0.15, 0.2) is 0 Å². The lowest BCUT2D eigenvalue weighted by molar-refractivity contribution is 0.0145. The molecule has 12 heavy (non-hydrogen) atoms. The van der Waals surface area contributed by atoms with Crippen molar-refractivity contribution in [2.45, 2.75) is 32.5 Å². The van der Waals surface area contributed by atoms with E-state index >= 15 is 0 Å². The van der Waals surface area contributed by atoms with Crippen LogP contribution in [0.25, 0.3) is 0 Å². The minimum absolute atomic E-state index is 0.0982. The number of ether oxygens (including phenoxy) is 1. The Morgan fingerprint density at radius 1 is 1.67 bits per heavy atom. The van der Waals surface area contributed by atoms with Gasteiger partial charge in [-0.3, -0.25) is 0 Å². The Kier molecular flexibility index (Phi) is 2.92. The molecule has 0 aromatic heterocycles. The van der Waals surface area contributed by atoms with Gasteiger partial charge in [0.1, 0.15) is 0 Å². The van der Waals surface area contributed by atoms with Crippen molar-refractivity contribution >= 4 is 6.09 Å². The van der Waals surface area contributed by atoms with Gasteiger partial charge in [0.25, 0.3) is 0 Å². The van der Waals surface area contributed by atoms with E-state index in [-0.39, 0.29) is 12.2 Å². The average Bonchev–Trinajstić information content (AvgIpc) is 2.34. The zero-order valence-corrected chi connectivity index (χ0v) is 7.49. The molecule has 0 aromatic carbocycles. The van der Waals surface area contributed by atoms with Crippen LogP contribution in [0.2, 0.25) is 0 Å². The summed E-state index contributed by atoms with van der Waals surface area (Å²) in [7, 11) is 0. The summed E-state index contributed by atoms with van der Waals surface area (Å²) in [6.07, 6.45) is 0.263. The van der Waals surface area contributed by atoms with Gasteiger partial charge in [-0.15, -0.1) is 0 Å². The molecule has 0 aromatic rings. The van der Waals surface area contributed by atoms with Gasteiger partial charge in [-0.05, 0) is 20.3 Å². The van der Waals surface area contributed by atoms with Crippen LogP contribution in [0.3, 0.4) is 0 Å². The molecule has 1 heterocycles. The predicted octanol–water partition coefficient (Wildman–Crippen LogP) is 1.16. The molecule has 1 amide bonds. The number of hydrogen-bond acceptors (Lipinski definition) is 2. The SMILES string of the molecule is CC(C)O[C@H]1CCN(C(=O)O)C1. The highest BCUT2D eigenvalue weighted by molar-refractivity contribution is 5.65. The first-order valence-electron chi connectivity index (χ1n) is 4.23. The lowest BCUT2D eigenvalue weighted by Crippen LogP contribution is -2.29. The molecule has 1 fully saturated rings. The lowest BCUT2D eigenvalue weighted by atomic mass is 10.3. The van der Waals surface area contributed by atoms with Crippen molar-refractivity contribution in [2.24, 2.45) is 0 Å². The third-order valence-corrected chi connectivity index (χ3v) is 1.88. The molecule has 70 valence electrons. The fourth-order valence-electron chi connectivity index (χ4n) is 1.40. The molecule has 0 unspecified atom stereocenters. The third-order valence-electron chi connectivity index (χ3n) is 1.88. The molecule has 4 heteroatoms. The first-order valence-corrected chi connectivity index (χ1v) is 4.23. The monoisotopic (exact) mass is 173 g/mol. The predicted molar refractivity (Wildman–Crippen MR) is 44.2 cm³/mol. The number of likely N-dealkylation sites (tertiary alicyclic amines) is 1. The minimum Gasteiger partial charge on any atom is -0.465 e. The second-order valence-electron chi connectivity index (χ2n) is 3.32. The van der Waals surface area contributed by atoms with Gasteiger partial charge in [-0.1, -0.05) is 0 Å². The van der Waals surface area contributed by atoms with E-state index in [0.29, 0.717) is 13.1 Å². The van der Waals surface area contributed by atoms with E-state index in [1.807, 2.05) is 13.8 Å². The van der Waals surface area contributed by atoms with E-state index in [9.17, 15) is 4.79 Å². The Morgan fingerprint density at radius 3 is 2.75 bits per heavy atom. The van der Waals surface area contributed by atoms with Crippen LogP contribution in [-0.2, 0) is 4.74 Å². The maximum atomic E-state index is 10.5. The average molecular weight is 173 g/mol. The zero-order chi connectivity index (χ0) is 9.14. The van der Waals surface area contributed by atoms with Gasteiger partial charge in [0.2, 0.25) is 0 Å². The van der Waals surface area contributed by atoms with Crippen LogP contribution < -0.4 is 0 Å². The molecule has 1 aliphatic rings. The largest absolute Gasteiger partial charge is 0.465 e. The molecule has 0 spiro atoms. The summed E-state index contributed by atoms with van der Waals surface area (Å²) in [6, 6.07) is 0. The summed E-state index contributed by atoms with van der Waals surface area (Å²) < 4.78 is 5.49. The van der Waals surface area contributed by atoms with Gasteiger partial charge in [-0.25, -0.2) is 4.79 Å². The van der Waals surface area contributed by atoms with E-state index in [1.54, 1.807) is 0 Å². The quantitative estimate of drug-likeness (QED) is 0.681. The number of hydrogen-bond donors (Lipinski definition) is 1. The van der Waals surface area contributed by atoms with Crippen LogP contribution in [0.15, 0.2) is 0 Å². The highest BCUT2D eigenvalue weighted by Crippen LogP contribution is 2.13. The second kappa shape index (κ2) is 3.76. The van der Waals surface area contributed by atoms with Gasteiger partial charge < -0.3 is 14.7 Å². The fourth-order valence-corrected chi connectivity index (χ4v) is 1.40. The lowest BCUT2D eigenvalue weighted by Gasteiger charge is -2.15. The molecule has 4 nitrogen and oxygen atoms in total. The molecule has 1 saturated heterocycles. The Balaban J connectivity index is 2.30. The summed E-state index contributed by atoms with van der Waals surface area (Å²) >= 11 is 0. The van der Waals surface area contributed by atoms with Crippen LogP contribution in [0.4, 0.5) is 4.79 Å². The summed E-state index contributed by atoms with van der Waals surface area (Å²) in [6.45, 7) is 5.05. The maximum absolute atomic E-state index is 10.5. The normalized spacial score (nSPS) is 23.6. The molecular weight excluding hydrogens is 158 g/mol. The Bertz CT molecular complexity index is 170. The maximum Gasteiger partial charge on any atom is 0.407 e. The van der Waals surface area contributed by atoms with Crippen LogP contribution in [0.1, 0.15) is 20.3 Å². The third kappa shape index (κ3) is 2.37. The highest BCUT2D eigenvalue weighted by atomic mass is 16.5. The standard InChI is InChI=1S/C8H15NO3/c1-6(2)12-7-3-4-9(5-7)8(10)11/h6-7H,3-5H2,1-2H3,(H,10,11)/t7-/m0/s1. The van der Waals surface area contributed by atoms with Crippen LogP contribution >= 0.6 is 0 Å². The van der Waals surface area contributed by atoms with Crippen LogP contribution in [0, 0.1) is 0 Å². The molecule has 0 aliphatic carbocycles. The van der Waals surface area contributed by atoms with E-state index in [2.05, 4.69) is 0 Å². The van der Waals surface area contributed by atoms with E-state index in [0.717, 1.165) is 6.42 Å². The molecule has 0 bridgehead atoms. The van der Waals surface area contributed by atoms with Crippen molar-refractivity contribution in [3.05, 3.63) is 0 Å². The molecule has 0 saturated carbocycles. The number of carboxylic acid groups (broad SMARTS) is 1. The summed E-state index contributed by atoms with van der Waals surface area (Å²) in [5.74, 6) is 0. The second-order valence-corrected chi connectivity index (χ2v) is 3.32. The molecule has 1 aliphatic heterocycles. The van der Waals surface area contributed by atoms with Gasteiger partial charge in [0, 0.05) is 6.54 Å². The van der Waals surface area contributed by atoms with Crippen molar-refractivity contribution in [1.29, 1.82) is 0 Å². The zero-order valence-electron chi connectivity index (χ0n) is 7.49. The minimum atomic E-state index is -0.843. The highest BCUT2D eigenvalue weighted by Gasteiger charge is 2.26. The molecule has 1 N–H and O–H groups in total. The van der Waals surface area contributed by atoms with E-state index in [1.165, 1.54) is 4.90 Å². The van der Waals surface area contributed by atoms with Gasteiger partial charge in [0.05, 0.1) is 18.8 Å². The van der Waals surface area contributed by atoms with Crippen molar-refractivity contribution in [3.63, 3.8) is 0 Å². The Hall–Kier alpha value is -0.770. The molecule has 1 atom stereocenters. The number of nitrogens with zero attached hydrogens (tertiary/aromatic N) is 1. The molecular formula is C8H15NO3. The number of amides is 1. The molecule has 0 radical (unpaired) electrons. The van der Waals surface area contributed by atoms with Gasteiger partial charge >= 0.3 is 6.09 Å².